The van der Waals surface area contributed by atoms with E-state index in [2.05, 4.69) is 28.9 Å². The highest BCUT2D eigenvalue weighted by Crippen LogP contribution is 2.24. The molecule has 2 N–H and O–H groups in total. The molecule has 1 amide bonds. The lowest BCUT2D eigenvalue weighted by Crippen LogP contribution is -2.42. The van der Waals surface area contributed by atoms with Crippen LogP contribution in [0.15, 0.2) is 36.5 Å². The molecule has 7 heteroatoms. The van der Waals surface area contributed by atoms with Gasteiger partial charge in [0.15, 0.2) is 5.65 Å². The summed E-state index contributed by atoms with van der Waals surface area (Å²) < 4.78 is 1.54. The molecule has 1 aliphatic rings. The van der Waals surface area contributed by atoms with E-state index in [0.29, 0.717) is 40.4 Å². The van der Waals surface area contributed by atoms with Gasteiger partial charge in [-0.25, -0.2) is 4.98 Å². The van der Waals surface area contributed by atoms with Gasteiger partial charge in [0.25, 0.3) is 5.91 Å². The second kappa shape index (κ2) is 6.40. The van der Waals surface area contributed by atoms with Gasteiger partial charge in [-0.1, -0.05) is 19.9 Å². The molecule has 1 aliphatic heterocycles. The van der Waals surface area contributed by atoms with Gasteiger partial charge in [0.05, 0.1) is 0 Å². The van der Waals surface area contributed by atoms with Crippen molar-refractivity contribution in [2.24, 2.45) is 11.8 Å². The Morgan fingerprint density at radius 1 is 1.19 bits per heavy atom. The van der Waals surface area contributed by atoms with Crippen molar-refractivity contribution >= 4 is 17.4 Å². The van der Waals surface area contributed by atoms with Crippen LogP contribution < -0.4 is 5.73 Å². The maximum atomic E-state index is 13.0. The Bertz CT molecular complexity index is 941. The van der Waals surface area contributed by atoms with Gasteiger partial charge < -0.3 is 10.6 Å². The van der Waals surface area contributed by atoms with E-state index in [1.54, 1.807) is 22.8 Å². The molecule has 26 heavy (non-hydrogen) atoms. The van der Waals surface area contributed by atoms with Crippen LogP contribution in [0.1, 0.15) is 30.6 Å². The first-order valence-corrected chi connectivity index (χ1v) is 8.88. The number of anilines is 1. The fraction of sp³-hybridized carbons (Fsp3) is 0.368. The van der Waals surface area contributed by atoms with Crippen molar-refractivity contribution in [1.29, 1.82) is 0 Å². The van der Waals surface area contributed by atoms with E-state index < -0.39 is 0 Å². The number of nitrogen functional groups attached to an aromatic ring is 1. The van der Waals surface area contributed by atoms with E-state index in [-0.39, 0.29) is 5.91 Å². The van der Waals surface area contributed by atoms with Crippen LogP contribution in [-0.2, 0) is 0 Å². The number of hydrogen-bond donors (Lipinski definition) is 1. The molecule has 0 bridgehead atoms. The Morgan fingerprint density at radius 3 is 2.65 bits per heavy atom. The van der Waals surface area contributed by atoms with Crippen molar-refractivity contribution in [1.82, 2.24) is 24.5 Å². The van der Waals surface area contributed by atoms with Crippen LogP contribution in [0.5, 0.6) is 0 Å². The van der Waals surface area contributed by atoms with Gasteiger partial charge in [0.2, 0.25) is 5.82 Å². The largest absolute Gasteiger partial charge is 0.384 e. The maximum Gasteiger partial charge on any atom is 0.254 e. The van der Waals surface area contributed by atoms with Crippen LogP contribution in [0.25, 0.3) is 17.2 Å². The Labute approximate surface area is 151 Å². The number of rotatable bonds is 2. The van der Waals surface area contributed by atoms with Crippen molar-refractivity contribution in [3.8, 4) is 11.5 Å². The molecule has 3 aromatic heterocycles. The fourth-order valence-corrected chi connectivity index (χ4v) is 3.75. The summed E-state index contributed by atoms with van der Waals surface area (Å²) in [5.74, 6) is 1.89. The Morgan fingerprint density at radius 2 is 1.96 bits per heavy atom. The van der Waals surface area contributed by atoms with E-state index >= 15 is 0 Å². The average Bonchev–Trinajstić information content (AvgIpc) is 3.06. The van der Waals surface area contributed by atoms with Gasteiger partial charge in [-0.15, -0.1) is 5.10 Å². The lowest BCUT2D eigenvalue weighted by Gasteiger charge is -2.35. The Hall–Kier alpha value is -2.96. The van der Waals surface area contributed by atoms with Crippen molar-refractivity contribution < 1.29 is 4.79 Å². The molecule has 0 saturated carbocycles. The Kier molecular flexibility index (Phi) is 4.06. The number of nitrogens with zero attached hydrogens (tertiary/aromatic N) is 5. The van der Waals surface area contributed by atoms with E-state index in [9.17, 15) is 4.79 Å². The molecule has 2 atom stereocenters. The first-order valence-electron chi connectivity index (χ1n) is 8.88. The lowest BCUT2D eigenvalue weighted by molar-refractivity contribution is 0.0623. The number of fused-ring (bicyclic) bond motifs is 1. The van der Waals surface area contributed by atoms with E-state index in [1.165, 1.54) is 0 Å². The minimum atomic E-state index is -0.0000129. The van der Waals surface area contributed by atoms with Gasteiger partial charge >= 0.3 is 0 Å². The molecule has 0 radical (unpaired) electrons. The van der Waals surface area contributed by atoms with Gasteiger partial charge in [-0.3, -0.25) is 9.78 Å². The van der Waals surface area contributed by atoms with E-state index in [1.807, 2.05) is 23.1 Å². The molecule has 2 unspecified atom stereocenters. The highest BCUT2D eigenvalue weighted by atomic mass is 16.2. The van der Waals surface area contributed by atoms with Crippen LogP contribution in [0.2, 0.25) is 0 Å². The normalized spacial score (nSPS) is 20.5. The number of amides is 1. The zero-order valence-corrected chi connectivity index (χ0v) is 15.0. The SMILES string of the molecule is CC1CC(C)CN(C(=O)c2cc(N)n3nc(-c4ccccn4)nc3c2)C1. The molecule has 0 spiro atoms. The summed E-state index contributed by atoms with van der Waals surface area (Å²) in [7, 11) is 0. The summed E-state index contributed by atoms with van der Waals surface area (Å²) in [4.78, 5) is 23.6. The molecule has 3 aromatic rings. The smallest absolute Gasteiger partial charge is 0.254 e. The van der Waals surface area contributed by atoms with E-state index in [0.717, 1.165) is 19.5 Å². The first-order chi connectivity index (χ1) is 12.5. The van der Waals surface area contributed by atoms with Crippen LogP contribution in [0.4, 0.5) is 5.82 Å². The number of likely N-dealkylation sites (tertiary alicyclic amines) is 1. The highest BCUT2D eigenvalue weighted by molar-refractivity contribution is 5.96. The number of nitrogens with two attached hydrogens (primary N) is 1. The molecule has 4 rings (SSSR count). The van der Waals surface area contributed by atoms with Gasteiger partial charge in [0, 0.05) is 24.8 Å². The molecule has 1 fully saturated rings. The maximum absolute atomic E-state index is 13.0. The van der Waals surface area contributed by atoms with Crippen LogP contribution in [0, 0.1) is 11.8 Å². The zero-order valence-electron chi connectivity index (χ0n) is 15.0. The van der Waals surface area contributed by atoms with Crippen LogP contribution >= 0.6 is 0 Å². The second-order valence-corrected chi connectivity index (χ2v) is 7.25. The molecule has 134 valence electrons. The molecule has 4 heterocycles. The van der Waals surface area contributed by atoms with Gasteiger partial charge in [-0.05, 0) is 42.5 Å². The number of hydrogen-bond acceptors (Lipinski definition) is 5. The summed E-state index contributed by atoms with van der Waals surface area (Å²) in [6.07, 6.45) is 2.85. The Balaban J connectivity index is 1.69. The van der Waals surface area contributed by atoms with Crippen LogP contribution in [-0.4, -0.2) is 43.5 Å². The first kappa shape index (κ1) is 16.5. The summed E-state index contributed by atoms with van der Waals surface area (Å²) in [5.41, 5.74) is 7.91. The average molecular weight is 350 g/mol. The number of pyridine rings is 2. The summed E-state index contributed by atoms with van der Waals surface area (Å²) in [5, 5.41) is 4.41. The fourth-order valence-electron chi connectivity index (χ4n) is 3.75. The topological polar surface area (TPSA) is 89.4 Å². The van der Waals surface area contributed by atoms with Crippen molar-refractivity contribution in [3.05, 3.63) is 42.1 Å². The third-order valence-corrected chi connectivity index (χ3v) is 4.76. The third kappa shape index (κ3) is 3.00. The number of carbonyl (C=O) groups is 1. The molecule has 1 saturated heterocycles. The quantitative estimate of drug-likeness (QED) is 0.767. The second-order valence-electron chi connectivity index (χ2n) is 7.25. The molecule has 0 aliphatic carbocycles. The summed E-state index contributed by atoms with van der Waals surface area (Å²) in [6, 6.07) is 8.99. The van der Waals surface area contributed by atoms with Crippen molar-refractivity contribution in [2.75, 3.05) is 18.8 Å². The summed E-state index contributed by atoms with van der Waals surface area (Å²) in [6.45, 7) is 5.93. The molecular weight excluding hydrogens is 328 g/mol. The predicted molar refractivity (Wildman–Crippen MR) is 99.5 cm³/mol. The monoisotopic (exact) mass is 350 g/mol. The van der Waals surface area contributed by atoms with E-state index in [4.69, 9.17) is 5.73 Å². The molecular formula is C19H22N6O. The molecule has 0 aromatic carbocycles. The number of piperidine rings is 1. The minimum Gasteiger partial charge on any atom is -0.384 e. The van der Waals surface area contributed by atoms with Gasteiger partial charge in [0.1, 0.15) is 11.5 Å². The number of aromatic nitrogens is 4. The summed E-state index contributed by atoms with van der Waals surface area (Å²) >= 11 is 0. The number of carbonyl (C=O) groups excluding carboxylic acids is 1. The minimum absolute atomic E-state index is 0.0000129. The van der Waals surface area contributed by atoms with Gasteiger partial charge in [-0.2, -0.15) is 4.52 Å². The van der Waals surface area contributed by atoms with Crippen molar-refractivity contribution in [3.63, 3.8) is 0 Å². The lowest BCUT2D eigenvalue weighted by atomic mass is 9.91. The predicted octanol–water partition coefficient (Wildman–Crippen LogP) is 2.49. The highest BCUT2D eigenvalue weighted by Gasteiger charge is 2.27. The molecule has 7 nitrogen and oxygen atoms in total. The zero-order chi connectivity index (χ0) is 18.3. The van der Waals surface area contributed by atoms with Crippen LogP contribution in [0.3, 0.4) is 0 Å². The standard InChI is InChI=1S/C19H22N6O/c1-12-7-13(2)11-24(10-12)19(26)14-8-16(20)25-17(9-14)22-18(23-25)15-5-3-4-6-21-15/h3-6,8-9,12-13H,7,10-11,20H2,1-2H3. The van der Waals surface area contributed by atoms with Crippen molar-refractivity contribution in [2.45, 2.75) is 20.3 Å². The third-order valence-electron chi connectivity index (χ3n) is 4.76.